The van der Waals surface area contributed by atoms with E-state index < -0.39 is 0 Å². The molecule has 0 fully saturated rings. The Morgan fingerprint density at radius 3 is 1.67 bits per heavy atom. The Hall–Kier alpha value is 1.48. The molecule has 0 rings (SSSR count). The predicted molar refractivity (Wildman–Crippen MR) is 18.1 cm³/mol. The molecule has 0 saturated carbocycles. The largest absolute Gasteiger partial charge is 0.275 e. The summed E-state index contributed by atoms with van der Waals surface area (Å²) in [6, 6.07) is 0. The molecule has 0 heterocycles. The Balaban J connectivity index is -0.0000000450. The molecule has 36 valence electrons. The molecule has 0 amide bonds. The van der Waals surface area contributed by atoms with Crippen LogP contribution < -0.4 is 0 Å². The van der Waals surface area contributed by atoms with Gasteiger partial charge < -0.3 is 0 Å². The molecule has 4 heteroatoms. The minimum Gasteiger partial charge on any atom is -0.275 e. The molecule has 0 saturated heterocycles. The first-order valence-corrected chi connectivity index (χ1v) is 2.20. The summed E-state index contributed by atoms with van der Waals surface area (Å²) in [6.07, 6.45) is 0.736. The molecular weight excluding hydrogens is 439 g/mol. The fraction of sp³-hybridized carbons (Fsp3) is 1.00. The van der Waals surface area contributed by atoms with Gasteiger partial charge in [-0.3, -0.25) is 4.57 Å². The van der Waals surface area contributed by atoms with Crippen LogP contribution in [0.25, 0.3) is 0 Å². The summed E-state index contributed by atoms with van der Waals surface area (Å²) in [5.41, 5.74) is 0. The SMILES string of the molecule is CCP=O.[W].[W]. The fourth-order valence-corrected chi connectivity index (χ4v) is 0. The third-order valence-corrected chi connectivity index (χ3v) is 0.387. The van der Waals surface area contributed by atoms with E-state index in [0.717, 1.165) is 6.16 Å². The summed E-state index contributed by atoms with van der Waals surface area (Å²) in [4.78, 5) is 0. The van der Waals surface area contributed by atoms with Crippen LogP contribution >= 0.6 is 8.46 Å². The van der Waals surface area contributed by atoms with Crippen LogP contribution in [0.5, 0.6) is 0 Å². The van der Waals surface area contributed by atoms with E-state index in [1.54, 1.807) is 0 Å². The van der Waals surface area contributed by atoms with Gasteiger partial charge in [0.1, 0.15) is 0 Å². The molecule has 0 aliphatic carbocycles. The Morgan fingerprint density at radius 1 is 1.50 bits per heavy atom. The van der Waals surface area contributed by atoms with Gasteiger partial charge in [-0.2, -0.15) is 0 Å². The average molecular weight is 444 g/mol. The minimum absolute atomic E-state index is 0. The zero-order valence-corrected chi connectivity index (χ0v) is 10.1. The summed E-state index contributed by atoms with van der Waals surface area (Å²) in [6.45, 7) is 1.86. The zero-order valence-electron chi connectivity index (χ0n) is 3.38. The summed E-state index contributed by atoms with van der Waals surface area (Å²) >= 11 is 0. The minimum atomic E-state index is 0. The molecule has 0 aliphatic rings. The molecule has 0 bridgehead atoms. The van der Waals surface area contributed by atoms with Crippen molar-refractivity contribution in [2.75, 3.05) is 6.16 Å². The molecule has 0 aliphatic heterocycles. The van der Waals surface area contributed by atoms with Gasteiger partial charge in [0.05, 0.1) is 0 Å². The molecule has 0 radical (unpaired) electrons. The second-order valence-electron chi connectivity index (χ2n) is 0.445. The summed E-state index contributed by atoms with van der Waals surface area (Å²) in [5.74, 6) is 0. The van der Waals surface area contributed by atoms with E-state index in [1.165, 1.54) is 0 Å². The van der Waals surface area contributed by atoms with Crippen molar-refractivity contribution in [1.29, 1.82) is 0 Å². The Bertz CT molecular complexity index is 25.5. The Labute approximate surface area is 68.0 Å². The molecule has 0 aromatic rings. The number of hydrogen-bond donors (Lipinski definition) is 0. The first-order valence-electron chi connectivity index (χ1n) is 1.21. The van der Waals surface area contributed by atoms with E-state index >= 15 is 0 Å². The van der Waals surface area contributed by atoms with E-state index in [9.17, 15) is 4.57 Å². The van der Waals surface area contributed by atoms with Crippen molar-refractivity contribution >= 4 is 8.46 Å². The van der Waals surface area contributed by atoms with Crippen molar-refractivity contribution in [1.82, 2.24) is 0 Å². The molecule has 0 N–H and O–H groups in total. The fourth-order valence-electron chi connectivity index (χ4n) is 0. The first kappa shape index (κ1) is 15.6. The molecule has 0 aromatic heterocycles. The molecule has 0 atom stereocenters. The third-order valence-electron chi connectivity index (χ3n) is 0.129. The quantitative estimate of drug-likeness (QED) is 0.558. The second-order valence-corrected chi connectivity index (χ2v) is 1.34. The summed E-state index contributed by atoms with van der Waals surface area (Å²) < 4.78 is 9.27. The molecule has 0 aromatic carbocycles. The van der Waals surface area contributed by atoms with Crippen LogP contribution in [-0.4, -0.2) is 6.16 Å². The molecular formula is C2H5OPW2. The van der Waals surface area contributed by atoms with Crippen LogP contribution in [-0.2, 0) is 46.7 Å². The second kappa shape index (κ2) is 16.1. The topological polar surface area (TPSA) is 17.1 Å². The maximum atomic E-state index is 9.27. The van der Waals surface area contributed by atoms with Gasteiger partial charge in [-0.1, -0.05) is 6.92 Å². The van der Waals surface area contributed by atoms with Gasteiger partial charge >= 0.3 is 0 Å². The monoisotopic (exact) mass is 444 g/mol. The van der Waals surface area contributed by atoms with Crippen LogP contribution in [0, 0.1) is 0 Å². The van der Waals surface area contributed by atoms with Crippen molar-refractivity contribution in [3.63, 3.8) is 0 Å². The van der Waals surface area contributed by atoms with E-state index in [2.05, 4.69) is 0 Å². The van der Waals surface area contributed by atoms with Gasteiger partial charge in [-0.25, -0.2) is 0 Å². The molecule has 1 nitrogen and oxygen atoms in total. The number of rotatable bonds is 1. The number of hydrogen-bond acceptors (Lipinski definition) is 1. The van der Waals surface area contributed by atoms with Crippen molar-refractivity contribution in [2.24, 2.45) is 0 Å². The average Bonchev–Trinajstić information content (AvgIpc) is 1.37. The molecule has 6 heavy (non-hydrogen) atoms. The molecule has 0 spiro atoms. The standard InChI is InChI=1S/C2H5OP.2W/c1-2-4-3;;/h2H2,1H3;;. The van der Waals surface area contributed by atoms with Gasteiger partial charge in [-0.05, 0) is 0 Å². The maximum Gasteiger partial charge on any atom is 0.154 e. The maximum absolute atomic E-state index is 9.27. The van der Waals surface area contributed by atoms with E-state index in [4.69, 9.17) is 0 Å². The summed E-state index contributed by atoms with van der Waals surface area (Å²) in [7, 11) is 0.248. The summed E-state index contributed by atoms with van der Waals surface area (Å²) in [5, 5.41) is 0. The van der Waals surface area contributed by atoms with Gasteiger partial charge in [0, 0.05) is 48.3 Å². The van der Waals surface area contributed by atoms with Crippen molar-refractivity contribution < 1.29 is 46.7 Å². The van der Waals surface area contributed by atoms with Gasteiger partial charge in [0.15, 0.2) is 8.46 Å². The first-order chi connectivity index (χ1) is 1.91. The van der Waals surface area contributed by atoms with E-state index in [-0.39, 0.29) is 50.6 Å². The van der Waals surface area contributed by atoms with Crippen molar-refractivity contribution in [3.8, 4) is 0 Å². The van der Waals surface area contributed by atoms with Crippen LogP contribution in [0.1, 0.15) is 6.92 Å². The van der Waals surface area contributed by atoms with Gasteiger partial charge in [0.25, 0.3) is 0 Å². The zero-order chi connectivity index (χ0) is 3.41. The van der Waals surface area contributed by atoms with Crippen molar-refractivity contribution in [3.05, 3.63) is 0 Å². The third kappa shape index (κ3) is 17.9. The van der Waals surface area contributed by atoms with Crippen LogP contribution in [0.15, 0.2) is 0 Å². The van der Waals surface area contributed by atoms with Gasteiger partial charge in [0.2, 0.25) is 0 Å². The van der Waals surface area contributed by atoms with E-state index in [1.807, 2.05) is 6.92 Å². The van der Waals surface area contributed by atoms with Crippen LogP contribution in [0.4, 0.5) is 0 Å². The van der Waals surface area contributed by atoms with Crippen molar-refractivity contribution in [2.45, 2.75) is 6.92 Å². The smallest absolute Gasteiger partial charge is 0.154 e. The van der Waals surface area contributed by atoms with Crippen LogP contribution in [0.3, 0.4) is 0 Å². The van der Waals surface area contributed by atoms with E-state index in [0.29, 0.717) is 0 Å². The van der Waals surface area contributed by atoms with Crippen LogP contribution in [0.2, 0.25) is 0 Å². The normalized spacial score (nSPS) is 5.50. The molecule has 0 unspecified atom stereocenters. The Kier molecular flexibility index (Phi) is 41.9. The Morgan fingerprint density at radius 2 is 1.67 bits per heavy atom. The predicted octanol–water partition coefficient (Wildman–Crippen LogP) is 1.29. The van der Waals surface area contributed by atoms with Gasteiger partial charge in [-0.15, -0.1) is 0 Å².